The van der Waals surface area contributed by atoms with Gasteiger partial charge in [0.15, 0.2) is 5.75 Å². The molecule has 1 aromatic rings. The van der Waals surface area contributed by atoms with Gasteiger partial charge in [-0.2, -0.15) is 4.89 Å². The molecule has 0 amide bonds. The third-order valence-corrected chi connectivity index (χ3v) is 4.37. The van der Waals surface area contributed by atoms with Crippen molar-refractivity contribution < 1.29 is 19.3 Å². The molecule has 0 atom stereocenters. The molecule has 0 heterocycles. The maximum absolute atomic E-state index is 10.9. The molecule has 0 unspecified atom stereocenters. The number of carbonyl (C=O) groups excluding carboxylic acids is 1. The van der Waals surface area contributed by atoms with Gasteiger partial charge in [-0.1, -0.05) is 34.9 Å². The first-order valence-electron chi connectivity index (χ1n) is 10.4. The number of benzene rings is 1. The molecule has 0 aliphatic rings. The third-order valence-electron chi connectivity index (χ3n) is 4.37. The molecule has 0 saturated carbocycles. The average molecular weight is 401 g/mol. The van der Waals surface area contributed by atoms with E-state index in [9.17, 15) is 4.79 Å². The van der Waals surface area contributed by atoms with Crippen molar-refractivity contribution >= 4 is 6.29 Å². The van der Waals surface area contributed by atoms with Crippen LogP contribution in [0.3, 0.4) is 0 Å². The molecule has 0 bridgehead atoms. The molecule has 0 aromatic heterocycles. The van der Waals surface area contributed by atoms with Gasteiger partial charge in [0.2, 0.25) is 5.75 Å². The fourth-order valence-electron chi connectivity index (χ4n) is 2.73. The van der Waals surface area contributed by atoms with Gasteiger partial charge in [-0.25, -0.2) is 0 Å². The van der Waals surface area contributed by atoms with Gasteiger partial charge in [0.05, 0.1) is 13.2 Å². The maximum Gasteiger partial charge on any atom is 0.207 e. The highest BCUT2D eigenvalue weighted by molar-refractivity contribution is 5.76. The van der Waals surface area contributed by atoms with Gasteiger partial charge < -0.3 is 9.62 Å². The fraction of sp³-hybridized carbons (Fsp3) is 0.480. The van der Waals surface area contributed by atoms with E-state index in [4.69, 9.17) is 14.5 Å². The van der Waals surface area contributed by atoms with Crippen molar-refractivity contribution in [2.45, 2.75) is 66.7 Å². The standard InChI is InChI=1S/C25H36O4/c1-6-27-25-18-23(19-26)15-16-24(25)29-28-17-9-14-22(5)13-8-12-21(4)11-7-10-20(2)3/h10,12,14-16,18-19H,6-9,11,13,17H2,1-5H3/b21-12+,22-14+. The van der Waals surface area contributed by atoms with Gasteiger partial charge in [0, 0.05) is 5.56 Å². The van der Waals surface area contributed by atoms with Crippen LogP contribution in [0.15, 0.2) is 53.1 Å². The second-order valence-corrected chi connectivity index (χ2v) is 7.41. The summed E-state index contributed by atoms with van der Waals surface area (Å²) >= 11 is 0. The van der Waals surface area contributed by atoms with Gasteiger partial charge >= 0.3 is 0 Å². The molecule has 29 heavy (non-hydrogen) atoms. The van der Waals surface area contributed by atoms with E-state index in [0.29, 0.717) is 30.3 Å². The summed E-state index contributed by atoms with van der Waals surface area (Å²) in [5.74, 6) is 0.988. The van der Waals surface area contributed by atoms with Gasteiger partial charge in [-0.3, -0.25) is 4.79 Å². The highest BCUT2D eigenvalue weighted by Crippen LogP contribution is 2.28. The SMILES string of the molecule is CCOc1cc(C=O)ccc1OOCC/C=C(\C)CC/C=C(\C)CCC=C(C)C. The zero-order chi connectivity index (χ0) is 21.5. The number of aldehydes is 1. The van der Waals surface area contributed by atoms with E-state index in [0.717, 1.165) is 38.4 Å². The first kappa shape index (κ1) is 24.7. The summed E-state index contributed by atoms with van der Waals surface area (Å²) in [4.78, 5) is 21.5. The number of hydrogen-bond donors (Lipinski definition) is 0. The second-order valence-electron chi connectivity index (χ2n) is 7.41. The number of carbonyl (C=O) groups is 1. The minimum Gasteiger partial charge on any atom is -0.490 e. The molecule has 0 saturated heterocycles. The molecule has 0 spiro atoms. The number of ether oxygens (including phenoxy) is 1. The minimum absolute atomic E-state index is 0.454. The minimum atomic E-state index is 0.454. The summed E-state index contributed by atoms with van der Waals surface area (Å²) in [6, 6.07) is 5.00. The van der Waals surface area contributed by atoms with Crippen LogP contribution < -0.4 is 9.62 Å². The van der Waals surface area contributed by atoms with E-state index in [2.05, 4.69) is 45.9 Å². The van der Waals surface area contributed by atoms with Crippen LogP contribution in [0.5, 0.6) is 11.5 Å². The summed E-state index contributed by atoms with van der Waals surface area (Å²) < 4.78 is 5.49. The number of rotatable bonds is 14. The van der Waals surface area contributed by atoms with Gasteiger partial charge in [0.25, 0.3) is 0 Å². The van der Waals surface area contributed by atoms with E-state index in [1.165, 1.54) is 16.7 Å². The topological polar surface area (TPSA) is 44.8 Å². The van der Waals surface area contributed by atoms with Crippen LogP contribution in [0.1, 0.15) is 77.1 Å². The molecule has 160 valence electrons. The van der Waals surface area contributed by atoms with Gasteiger partial charge in [-0.05, 0) is 84.9 Å². The normalized spacial score (nSPS) is 11.9. The van der Waals surface area contributed by atoms with Crippen molar-refractivity contribution in [1.29, 1.82) is 0 Å². The van der Waals surface area contributed by atoms with E-state index in [1.54, 1.807) is 18.2 Å². The van der Waals surface area contributed by atoms with Crippen LogP contribution in [-0.2, 0) is 4.89 Å². The Morgan fingerprint density at radius 2 is 1.55 bits per heavy atom. The van der Waals surface area contributed by atoms with Crippen molar-refractivity contribution in [2.75, 3.05) is 13.2 Å². The predicted octanol–water partition coefficient (Wildman–Crippen LogP) is 7.02. The molecule has 0 aliphatic heterocycles. The first-order valence-corrected chi connectivity index (χ1v) is 10.4. The van der Waals surface area contributed by atoms with Crippen LogP contribution in [0.25, 0.3) is 0 Å². The van der Waals surface area contributed by atoms with Crippen LogP contribution in [-0.4, -0.2) is 19.5 Å². The Morgan fingerprint density at radius 1 is 0.897 bits per heavy atom. The van der Waals surface area contributed by atoms with Crippen LogP contribution >= 0.6 is 0 Å². The monoisotopic (exact) mass is 400 g/mol. The van der Waals surface area contributed by atoms with E-state index in [-0.39, 0.29) is 0 Å². The van der Waals surface area contributed by atoms with Crippen LogP contribution in [0, 0.1) is 0 Å². The van der Waals surface area contributed by atoms with Gasteiger partial charge in [0.1, 0.15) is 6.29 Å². The molecular weight excluding hydrogens is 364 g/mol. The molecule has 4 heteroatoms. The van der Waals surface area contributed by atoms with Crippen molar-refractivity contribution in [3.63, 3.8) is 0 Å². The van der Waals surface area contributed by atoms with Crippen LogP contribution in [0.2, 0.25) is 0 Å². The number of hydrogen-bond acceptors (Lipinski definition) is 4. The molecule has 1 aromatic carbocycles. The van der Waals surface area contributed by atoms with E-state index < -0.39 is 0 Å². The summed E-state index contributed by atoms with van der Waals surface area (Å²) in [7, 11) is 0. The largest absolute Gasteiger partial charge is 0.490 e. The van der Waals surface area contributed by atoms with E-state index in [1.807, 2.05) is 6.92 Å². The summed E-state index contributed by atoms with van der Waals surface area (Å²) in [5.41, 5.74) is 4.74. The summed E-state index contributed by atoms with van der Waals surface area (Å²) in [5, 5.41) is 0. The smallest absolute Gasteiger partial charge is 0.207 e. The van der Waals surface area contributed by atoms with Crippen molar-refractivity contribution in [3.8, 4) is 11.5 Å². The van der Waals surface area contributed by atoms with Crippen molar-refractivity contribution in [1.82, 2.24) is 0 Å². The summed E-state index contributed by atoms with van der Waals surface area (Å²) in [6.07, 6.45) is 12.8. The van der Waals surface area contributed by atoms with Crippen LogP contribution in [0.4, 0.5) is 0 Å². The third kappa shape index (κ3) is 11.3. The molecule has 0 N–H and O–H groups in total. The molecule has 4 nitrogen and oxygen atoms in total. The van der Waals surface area contributed by atoms with E-state index >= 15 is 0 Å². The lowest BCUT2D eigenvalue weighted by molar-refractivity contribution is -0.206. The van der Waals surface area contributed by atoms with Gasteiger partial charge in [-0.15, -0.1) is 0 Å². The van der Waals surface area contributed by atoms with Crippen molar-refractivity contribution in [2.24, 2.45) is 0 Å². The lowest BCUT2D eigenvalue weighted by atomic mass is 10.1. The Bertz CT molecular complexity index is 710. The Kier molecular flexibility index (Phi) is 12.5. The number of allylic oxidation sites excluding steroid dienone is 5. The Morgan fingerprint density at radius 3 is 2.17 bits per heavy atom. The fourth-order valence-corrected chi connectivity index (χ4v) is 2.73. The average Bonchev–Trinajstić information content (AvgIpc) is 2.68. The lowest BCUT2D eigenvalue weighted by Gasteiger charge is -2.10. The molecule has 0 radical (unpaired) electrons. The van der Waals surface area contributed by atoms with Crippen molar-refractivity contribution in [3.05, 3.63) is 58.7 Å². The second kappa shape index (κ2) is 14.6. The Labute approximate surface area is 176 Å². The predicted molar refractivity (Wildman–Crippen MR) is 120 cm³/mol. The zero-order valence-corrected chi connectivity index (χ0v) is 18.6. The highest BCUT2D eigenvalue weighted by Gasteiger charge is 2.07. The molecule has 0 fully saturated rings. The molecular formula is C25H36O4. The summed E-state index contributed by atoms with van der Waals surface area (Å²) in [6.45, 7) is 11.5. The lowest BCUT2D eigenvalue weighted by Crippen LogP contribution is -2.02. The first-order chi connectivity index (χ1) is 14.0. The highest BCUT2D eigenvalue weighted by atomic mass is 17.2. The quantitative estimate of drug-likeness (QED) is 0.111. The molecule has 0 aliphatic carbocycles. The molecule has 1 rings (SSSR count). The Balaban J connectivity index is 2.32. The Hall–Kier alpha value is -2.33. The zero-order valence-electron chi connectivity index (χ0n) is 18.6. The maximum atomic E-state index is 10.9.